The fourth-order valence-electron chi connectivity index (χ4n) is 2.74. The molecule has 2 heterocycles. The standard InChI is InChI=1S/C22H19N3O2S/c26-22(17-6-8-20(9-7-17)27-19-4-2-1-3-5-19)23-12-14-25-13-10-21(24-25)18-11-15-28-16-18/h1-11,13,15-16H,12,14H2,(H,23,26). The highest BCUT2D eigenvalue weighted by atomic mass is 32.1. The zero-order valence-electron chi connectivity index (χ0n) is 15.1. The lowest BCUT2D eigenvalue weighted by Gasteiger charge is -2.08. The van der Waals surface area contributed by atoms with Gasteiger partial charge in [0.15, 0.2) is 0 Å². The normalized spacial score (nSPS) is 10.6. The Hall–Kier alpha value is -3.38. The van der Waals surface area contributed by atoms with Gasteiger partial charge in [-0.2, -0.15) is 16.4 Å². The van der Waals surface area contributed by atoms with Crippen molar-refractivity contribution in [3.63, 3.8) is 0 Å². The molecule has 4 rings (SSSR count). The molecule has 2 aromatic carbocycles. The molecule has 0 fully saturated rings. The lowest BCUT2D eigenvalue weighted by molar-refractivity contribution is 0.0952. The van der Waals surface area contributed by atoms with Gasteiger partial charge >= 0.3 is 0 Å². The van der Waals surface area contributed by atoms with E-state index in [1.54, 1.807) is 35.6 Å². The van der Waals surface area contributed by atoms with Crippen molar-refractivity contribution in [3.8, 4) is 22.8 Å². The van der Waals surface area contributed by atoms with Gasteiger partial charge in [0.25, 0.3) is 5.91 Å². The Morgan fingerprint density at radius 1 is 1.00 bits per heavy atom. The smallest absolute Gasteiger partial charge is 0.251 e. The third-order valence-electron chi connectivity index (χ3n) is 4.18. The van der Waals surface area contributed by atoms with Crippen molar-refractivity contribution in [1.82, 2.24) is 15.1 Å². The Kier molecular flexibility index (Phi) is 5.49. The summed E-state index contributed by atoms with van der Waals surface area (Å²) in [5.41, 5.74) is 2.66. The van der Waals surface area contributed by atoms with Crippen LogP contribution in [0.25, 0.3) is 11.3 Å². The van der Waals surface area contributed by atoms with Gasteiger partial charge in [-0.05, 0) is 53.9 Å². The molecule has 28 heavy (non-hydrogen) atoms. The summed E-state index contributed by atoms with van der Waals surface area (Å²) in [6.45, 7) is 1.12. The summed E-state index contributed by atoms with van der Waals surface area (Å²) in [4.78, 5) is 12.3. The number of hydrogen-bond donors (Lipinski definition) is 1. The van der Waals surface area contributed by atoms with Crippen LogP contribution in [-0.4, -0.2) is 22.2 Å². The minimum Gasteiger partial charge on any atom is -0.457 e. The van der Waals surface area contributed by atoms with Crippen LogP contribution in [0.4, 0.5) is 0 Å². The van der Waals surface area contributed by atoms with Crippen molar-refractivity contribution in [2.45, 2.75) is 6.54 Å². The molecule has 0 spiro atoms. The van der Waals surface area contributed by atoms with E-state index < -0.39 is 0 Å². The second kappa shape index (κ2) is 8.54. The number of thiophene rings is 1. The molecule has 6 heteroatoms. The largest absolute Gasteiger partial charge is 0.457 e. The second-order valence-corrected chi connectivity index (χ2v) is 6.95. The number of nitrogens with zero attached hydrogens (tertiary/aromatic N) is 2. The lowest BCUT2D eigenvalue weighted by atomic mass is 10.2. The average Bonchev–Trinajstić information content (AvgIpc) is 3.41. The van der Waals surface area contributed by atoms with E-state index in [0.717, 1.165) is 17.0 Å². The van der Waals surface area contributed by atoms with Crippen molar-refractivity contribution < 1.29 is 9.53 Å². The van der Waals surface area contributed by atoms with Crippen LogP contribution in [0.3, 0.4) is 0 Å². The first-order chi connectivity index (χ1) is 13.8. The maximum absolute atomic E-state index is 12.3. The van der Waals surface area contributed by atoms with E-state index >= 15 is 0 Å². The third kappa shape index (κ3) is 4.47. The van der Waals surface area contributed by atoms with Crippen molar-refractivity contribution in [2.24, 2.45) is 0 Å². The van der Waals surface area contributed by atoms with E-state index in [2.05, 4.69) is 15.8 Å². The molecule has 1 amide bonds. The summed E-state index contributed by atoms with van der Waals surface area (Å²) in [5, 5.41) is 11.6. The van der Waals surface area contributed by atoms with Gasteiger partial charge in [-0.1, -0.05) is 18.2 Å². The van der Waals surface area contributed by atoms with Crippen molar-refractivity contribution in [3.05, 3.63) is 89.3 Å². The first kappa shape index (κ1) is 18.0. The number of nitrogens with one attached hydrogen (secondary N) is 1. The Balaban J connectivity index is 1.28. The van der Waals surface area contributed by atoms with E-state index in [1.165, 1.54) is 0 Å². The van der Waals surface area contributed by atoms with E-state index in [4.69, 9.17) is 4.74 Å². The number of hydrogen-bond acceptors (Lipinski definition) is 4. The number of rotatable bonds is 7. The molecule has 0 aliphatic carbocycles. The van der Waals surface area contributed by atoms with Gasteiger partial charge in [0, 0.05) is 29.2 Å². The Morgan fingerprint density at radius 3 is 2.54 bits per heavy atom. The van der Waals surface area contributed by atoms with Gasteiger partial charge in [-0.25, -0.2) is 0 Å². The van der Waals surface area contributed by atoms with Gasteiger partial charge in [0.05, 0.1) is 12.2 Å². The fourth-order valence-corrected chi connectivity index (χ4v) is 3.39. The molecule has 5 nitrogen and oxygen atoms in total. The first-order valence-corrected chi connectivity index (χ1v) is 9.89. The maximum atomic E-state index is 12.3. The summed E-state index contributed by atoms with van der Waals surface area (Å²) < 4.78 is 7.58. The molecule has 0 saturated carbocycles. The maximum Gasteiger partial charge on any atom is 0.251 e. The topological polar surface area (TPSA) is 56.2 Å². The third-order valence-corrected chi connectivity index (χ3v) is 4.86. The highest BCUT2D eigenvalue weighted by Crippen LogP contribution is 2.21. The van der Waals surface area contributed by atoms with Crippen LogP contribution in [0.2, 0.25) is 0 Å². The Labute approximate surface area is 167 Å². The minimum absolute atomic E-state index is 0.114. The summed E-state index contributed by atoms with van der Waals surface area (Å²) in [6.07, 6.45) is 1.93. The van der Waals surface area contributed by atoms with Crippen LogP contribution >= 0.6 is 11.3 Å². The van der Waals surface area contributed by atoms with E-state index in [9.17, 15) is 4.79 Å². The number of carbonyl (C=O) groups excluding carboxylic acids is 1. The van der Waals surface area contributed by atoms with Gasteiger partial charge in [0.1, 0.15) is 11.5 Å². The highest BCUT2D eigenvalue weighted by molar-refractivity contribution is 7.08. The number of carbonyl (C=O) groups is 1. The van der Waals surface area contributed by atoms with Crippen LogP contribution in [0.15, 0.2) is 83.7 Å². The zero-order valence-corrected chi connectivity index (χ0v) is 15.9. The fraction of sp³-hybridized carbons (Fsp3) is 0.0909. The van der Waals surface area contributed by atoms with Gasteiger partial charge in [0.2, 0.25) is 0 Å². The molecule has 0 bridgehead atoms. The van der Waals surface area contributed by atoms with Gasteiger partial charge in [-0.3, -0.25) is 9.48 Å². The molecular formula is C22H19N3O2S. The van der Waals surface area contributed by atoms with Crippen LogP contribution in [-0.2, 0) is 6.54 Å². The Bertz CT molecular complexity index is 1030. The molecule has 0 aliphatic rings. The highest BCUT2D eigenvalue weighted by Gasteiger charge is 2.07. The minimum atomic E-state index is -0.114. The molecule has 0 radical (unpaired) electrons. The molecule has 2 aromatic heterocycles. The molecule has 0 saturated heterocycles. The molecule has 4 aromatic rings. The predicted octanol–water partition coefficient (Wildman–Crippen LogP) is 4.83. The van der Waals surface area contributed by atoms with Crippen molar-refractivity contribution in [2.75, 3.05) is 6.54 Å². The van der Waals surface area contributed by atoms with Crippen LogP contribution in [0.5, 0.6) is 11.5 Å². The number of para-hydroxylation sites is 1. The van der Waals surface area contributed by atoms with Crippen LogP contribution in [0, 0.1) is 0 Å². The van der Waals surface area contributed by atoms with Gasteiger partial charge in [-0.15, -0.1) is 0 Å². The first-order valence-electron chi connectivity index (χ1n) is 8.95. The number of amides is 1. The van der Waals surface area contributed by atoms with Crippen molar-refractivity contribution in [1.29, 1.82) is 0 Å². The Morgan fingerprint density at radius 2 is 1.79 bits per heavy atom. The molecule has 1 N–H and O–H groups in total. The predicted molar refractivity (Wildman–Crippen MR) is 111 cm³/mol. The van der Waals surface area contributed by atoms with E-state index in [-0.39, 0.29) is 5.91 Å². The summed E-state index contributed by atoms with van der Waals surface area (Å²) in [5.74, 6) is 1.34. The van der Waals surface area contributed by atoms with Gasteiger partial charge < -0.3 is 10.1 Å². The lowest BCUT2D eigenvalue weighted by Crippen LogP contribution is -2.27. The summed E-state index contributed by atoms with van der Waals surface area (Å²) >= 11 is 1.65. The van der Waals surface area contributed by atoms with E-state index in [0.29, 0.717) is 24.4 Å². The molecule has 140 valence electrons. The molecular weight excluding hydrogens is 370 g/mol. The zero-order chi connectivity index (χ0) is 19.2. The molecule has 0 atom stereocenters. The summed E-state index contributed by atoms with van der Waals surface area (Å²) in [6, 6.07) is 20.7. The quantitative estimate of drug-likeness (QED) is 0.492. The van der Waals surface area contributed by atoms with E-state index in [1.807, 2.05) is 58.7 Å². The second-order valence-electron chi connectivity index (χ2n) is 6.17. The van der Waals surface area contributed by atoms with Crippen LogP contribution in [0.1, 0.15) is 10.4 Å². The number of aromatic nitrogens is 2. The number of ether oxygens (including phenoxy) is 1. The monoisotopic (exact) mass is 389 g/mol. The van der Waals surface area contributed by atoms with Crippen LogP contribution < -0.4 is 10.1 Å². The SMILES string of the molecule is O=C(NCCn1ccc(-c2ccsc2)n1)c1ccc(Oc2ccccc2)cc1. The number of benzene rings is 2. The van der Waals surface area contributed by atoms with Crippen molar-refractivity contribution >= 4 is 17.2 Å². The average molecular weight is 389 g/mol. The summed E-state index contributed by atoms with van der Waals surface area (Å²) in [7, 11) is 0. The molecule has 0 unspecified atom stereocenters. The molecule has 0 aliphatic heterocycles.